The molecule has 20 heavy (non-hydrogen) atoms. The van der Waals surface area contributed by atoms with Crippen molar-refractivity contribution in [2.24, 2.45) is 11.1 Å². The fraction of sp³-hybridized carbons (Fsp3) is 0.357. The minimum absolute atomic E-state index is 0.0212. The summed E-state index contributed by atoms with van der Waals surface area (Å²) in [6.45, 7) is 0. The molecule has 1 fully saturated rings. The number of rotatable bonds is 5. The van der Waals surface area contributed by atoms with Crippen molar-refractivity contribution in [3.8, 4) is 0 Å². The van der Waals surface area contributed by atoms with E-state index in [0.717, 1.165) is 0 Å². The molecule has 0 radical (unpaired) electrons. The maximum Gasteiger partial charge on any atom is 0.238 e. The molecule has 0 spiro atoms. The van der Waals surface area contributed by atoms with E-state index in [1.54, 1.807) is 29.3 Å². The summed E-state index contributed by atoms with van der Waals surface area (Å²) in [5.41, 5.74) is 0.645. The third-order valence-electron chi connectivity index (χ3n) is 3.32. The molecule has 2 atom stereocenters. The summed E-state index contributed by atoms with van der Waals surface area (Å²) in [6.07, 6.45) is 3.90. The van der Waals surface area contributed by atoms with Crippen molar-refractivity contribution in [2.75, 3.05) is 14.1 Å². The standard InChI is InChI=1S/C14H18N2O3S/c1-16(2)8-7-13(17)12-9-11(12)10-5-3-4-6-14(10)20(15,18)19/h3-8,11-12H,9H2,1-2H3,(H2,15,18,19)/b8-7+. The van der Waals surface area contributed by atoms with Gasteiger partial charge >= 0.3 is 0 Å². The Bertz CT molecular complexity index is 650. The van der Waals surface area contributed by atoms with E-state index >= 15 is 0 Å². The van der Waals surface area contributed by atoms with Gasteiger partial charge in [0.25, 0.3) is 0 Å². The van der Waals surface area contributed by atoms with Crippen LogP contribution in [0.15, 0.2) is 41.4 Å². The molecular formula is C14H18N2O3S. The van der Waals surface area contributed by atoms with Gasteiger partial charge in [0.05, 0.1) is 4.90 Å². The van der Waals surface area contributed by atoms with E-state index in [0.29, 0.717) is 12.0 Å². The monoisotopic (exact) mass is 294 g/mol. The number of primary sulfonamides is 1. The zero-order chi connectivity index (χ0) is 14.9. The van der Waals surface area contributed by atoms with Gasteiger partial charge in [-0.25, -0.2) is 13.6 Å². The van der Waals surface area contributed by atoms with Crippen LogP contribution in [0.2, 0.25) is 0 Å². The summed E-state index contributed by atoms with van der Waals surface area (Å²) in [5, 5.41) is 5.21. The van der Waals surface area contributed by atoms with Gasteiger partial charge in [-0.3, -0.25) is 4.79 Å². The zero-order valence-electron chi connectivity index (χ0n) is 11.5. The first-order valence-electron chi connectivity index (χ1n) is 6.31. The highest BCUT2D eigenvalue weighted by molar-refractivity contribution is 7.89. The van der Waals surface area contributed by atoms with Crippen LogP contribution in [0.5, 0.6) is 0 Å². The predicted molar refractivity (Wildman–Crippen MR) is 76.5 cm³/mol. The number of benzene rings is 1. The molecule has 1 aromatic carbocycles. The summed E-state index contributed by atoms with van der Waals surface area (Å²) in [7, 11) is -0.0754. The average Bonchev–Trinajstić information content (AvgIpc) is 3.15. The molecule has 1 aromatic rings. The normalized spacial score (nSPS) is 21.9. The highest BCUT2D eigenvalue weighted by Crippen LogP contribution is 2.49. The van der Waals surface area contributed by atoms with Gasteiger partial charge in [0.1, 0.15) is 0 Å². The molecule has 2 rings (SSSR count). The molecule has 0 aliphatic heterocycles. The van der Waals surface area contributed by atoms with Crippen molar-refractivity contribution in [3.05, 3.63) is 42.1 Å². The molecule has 0 aromatic heterocycles. The second kappa shape index (κ2) is 5.38. The summed E-state index contributed by atoms with van der Waals surface area (Å²) in [6, 6.07) is 6.61. The van der Waals surface area contributed by atoms with E-state index in [1.807, 2.05) is 14.1 Å². The fourth-order valence-electron chi connectivity index (χ4n) is 2.25. The van der Waals surface area contributed by atoms with Gasteiger partial charge in [-0.15, -0.1) is 0 Å². The van der Waals surface area contributed by atoms with Gasteiger partial charge in [-0.05, 0) is 30.0 Å². The van der Waals surface area contributed by atoms with Crippen LogP contribution in [-0.2, 0) is 14.8 Å². The number of carbonyl (C=O) groups is 1. The smallest absolute Gasteiger partial charge is 0.238 e. The van der Waals surface area contributed by atoms with Crippen LogP contribution in [0.1, 0.15) is 17.9 Å². The summed E-state index contributed by atoms with van der Waals surface area (Å²) >= 11 is 0. The van der Waals surface area contributed by atoms with Crippen molar-refractivity contribution in [1.82, 2.24) is 4.90 Å². The molecule has 6 heteroatoms. The second-order valence-corrected chi connectivity index (χ2v) is 6.74. The molecule has 1 saturated carbocycles. The minimum atomic E-state index is -3.75. The number of ketones is 1. The SMILES string of the molecule is CN(C)/C=C/C(=O)C1CC1c1ccccc1S(N)(=O)=O. The molecule has 2 N–H and O–H groups in total. The Hall–Kier alpha value is -1.66. The topological polar surface area (TPSA) is 80.5 Å². The van der Waals surface area contributed by atoms with Crippen molar-refractivity contribution in [3.63, 3.8) is 0 Å². The number of carbonyl (C=O) groups excluding carboxylic acids is 1. The van der Waals surface area contributed by atoms with Crippen molar-refractivity contribution in [2.45, 2.75) is 17.2 Å². The summed E-state index contributed by atoms with van der Waals surface area (Å²) < 4.78 is 23.1. The lowest BCUT2D eigenvalue weighted by Gasteiger charge is -2.06. The molecule has 0 amide bonds. The predicted octanol–water partition coefficient (Wildman–Crippen LogP) is 1.08. The number of hydrogen-bond acceptors (Lipinski definition) is 4. The van der Waals surface area contributed by atoms with Crippen LogP contribution in [0.4, 0.5) is 0 Å². The Morgan fingerprint density at radius 2 is 2.00 bits per heavy atom. The molecule has 0 saturated heterocycles. The van der Waals surface area contributed by atoms with E-state index in [-0.39, 0.29) is 22.5 Å². The summed E-state index contributed by atoms with van der Waals surface area (Å²) in [5.74, 6) is -0.175. The molecule has 1 aliphatic rings. The van der Waals surface area contributed by atoms with Gasteiger partial charge in [-0.1, -0.05) is 18.2 Å². The molecule has 0 bridgehead atoms. The van der Waals surface area contributed by atoms with Crippen LogP contribution >= 0.6 is 0 Å². The van der Waals surface area contributed by atoms with Crippen molar-refractivity contribution < 1.29 is 13.2 Å². The molecule has 2 unspecified atom stereocenters. The fourth-order valence-corrected chi connectivity index (χ4v) is 3.06. The Morgan fingerprint density at radius 1 is 1.35 bits per heavy atom. The Balaban J connectivity index is 2.19. The van der Waals surface area contributed by atoms with E-state index in [4.69, 9.17) is 5.14 Å². The van der Waals surface area contributed by atoms with Crippen LogP contribution in [0, 0.1) is 5.92 Å². The van der Waals surface area contributed by atoms with Gasteiger partial charge < -0.3 is 4.90 Å². The van der Waals surface area contributed by atoms with E-state index in [2.05, 4.69) is 0 Å². The van der Waals surface area contributed by atoms with Gasteiger partial charge in [-0.2, -0.15) is 0 Å². The lowest BCUT2D eigenvalue weighted by molar-refractivity contribution is -0.115. The van der Waals surface area contributed by atoms with Crippen LogP contribution < -0.4 is 5.14 Å². The van der Waals surface area contributed by atoms with Gasteiger partial charge in [0.2, 0.25) is 10.0 Å². The quantitative estimate of drug-likeness (QED) is 0.824. The zero-order valence-corrected chi connectivity index (χ0v) is 12.3. The summed E-state index contributed by atoms with van der Waals surface area (Å²) in [4.78, 5) is 13.9. The minimum Gasteiger partial charge on any atom is -0.383 e. The number of allylic oxidation sites excluding steroid dienone is 1. The molecule has 5 nitrogen and oxygen atoms in total. The molecule has 1 aliphatic carbocycles. The third-order valence-corrected chi connectivity index (χ3v) is 4.30. The van der Waals surface area contributed by atoms with Gasteiger partial charge in [0, 0.05) is 26.2 Å². The maximum atomic E-state index is 12.0. The number of sulfonamides is 1. The Labute approximate surface area is 119 Å². The highest BCUT2D eigenvalue weighted by Gasteiger charge is 2.44. The van der Waals surface area contributed by atoms with Crippen molar-refractivity contribution >= 4 is 15.8 Å². The van der Waals surface area contributed by atoms with Crippen LogP contribution in [0.25, 0.3) is 0 Å². The first kappa shape index (κ1) is 14.7. The highest BCUT2D eigenvalue weighted by atomic mass is 32.2. The molecule has 0 heterocycles. The van der Waals surface area contributed by atoms with Crippen LogP contribution in [0.3, 0.4) is 0 Å². The largest absolute Gasteiger partial charge is 0.383 e. The average molecular weight is 294 g/mol. The number of nitrogens with two attached hydrogens (primary N) is 1. The van der Waals surface area contributed by atoms with E-state index in [1.165, 1.54) is 12.1 Å². The van der Waals surface area contributed by atoms with E-state index in [9.17, 15) is 13.2 Å². The molecule has 108 valence electrons. The van der Waals surface area contributed by atoms with Crippen LogP contribution in [-0.4, -0.2) is 33.2 Å². The number of hydrogen-bond donors (Lipinski definition) is 1. The Kier molecular flexibility index (Phi) is 3.96. The van der Waals surface area contributed by atoms with E-state index < -0.39 is 10.0 Å². The first-order chi connectivity index (χ1) is 9.30. The second-order valence-electron chi connectivity index (χ2n) is 5.21. The van der Waals surface area contributed by atoms with Gasteiger partial charge in [0.15, 0.2) is 5.78 Å². The Morgan fingerprint density at radius 3 is 2.60 bits per heavy atom. The molecular weight excluding hydrogens is 276 g/mol. The number of nitrogens with zero attached hydrogens (tertiary/aromatic N) is 1. The lowest BCUT2D eigenvalue weighted by Crippen LogP contribution is -2.14. The first-order valence-corrected chi connectivity index (χ1v) is 7.85. The third kappa shape index (κ3) is 3.26. The van der Waals surface area contributed by atoms with Crippen molar-refractivity contribution in [1.29, 1.82) is 0 Å². The maximum absolute atomic E-state index is 12.0. The lowest BCUT2D eigenvalue weighted by atomic mass is 10.1.